The van der Waals surface area contributed by atoms with Gasteiger partial charge in [-0.2, -0.15) is 0 Å². The molecule has 0 bridgehead atoms. The van der Waals surface area contributed by atoms with E-state index in [2.05, 4.69) is 53.7 Å². The first-order valence-corrected chi connectivity index (χ1v) is 11.8. The fraction of sp³-hybridized carbons (Fsp3) is 0.100. The van der Waals surface area contributed by atoms with Crippen LogP contribution in [0.1, 0.15) is 11.1 Å². The normalized spacial score (nSPS) is 11.1. The molecule has 0 amide bonds. The van der Waals surface area contributed by atoms with Crippen molar-refractivity contribution in [2.45, 2.75) is 13.8 Å². The van der Waals surface area contributed by atoms with Gasteiger partial charge in [0.15, 0.2) is 0 Å². The molecule has 0 saturated heterocycles. The van der Waals surface area contributed by atoms with Gasteiger partial charge >= 0.3 is 152 Å². The Kier molecular flexibility index (Phi) is 5.26. The summed E-state index contributed by atoms with van der Waals surface area (Å²) in [5, 5.41) is 1.05. The predicted octanol–water partition coefficient (Wildman–Crippen LogP) is 4.75. The van der Waals surface area contributed by atoms with E-state index in [1.807, 2.05) is 54.6 Å². The number of hydrogen-bond acceptors (Lipinski definition) is 2. The van der Waals surface area contributed by atoms with Crippen molar-refractivity contribution in [2.24, 2.45) is 0 Å². The van der Waals surface area contributed by atoms with Crippen molar-refractivity contribution in [1.82, 2.24) is 0 Å². The molecule has 0 aliphatic rings. The van der Waals surface area contributed by atoms with Crippen molar-refractivity contribution in [3.8, 4) is 11.5 Å². The van der Waals surface area contributed by atoms with Crippen LogP contribution in [-0.4, -0.2) is 15.6 Å². The monoisotopic (exact) mass is 403 g/mol. The molecule has 0 spiro atoms. The van der Waals surface area contributed by atoms with Crippen LogP contribution in [0.25, 0.3) is 0 Å². The van der Waals surface area contributed by atoms with E-state index >= 15 is 0 Å². The first-order valence-electron chi connectivity index (χ1n) is 7.75. The molecular formula is C20H20O2PSe+. The second-order valence-electron chi connectivity index (χ2n) is 5.67. The predicted molar refractivity (Wildman–Crippen MR) is 104 cm³/mol. The van der Waals surface area contributed by atoms with E-state index in [9.17, 15) is 0 Å². The van der Waals surface area contributed by atoms with Crippen LogP contribution in [0.4, 0.5) is 0 Å². The van der Waals surface area contributed by atoms with Crippen LogP contribution in [0.15, 0.2) is 78.9 Å². The Balaban J connectivity index is 1.97. The Morgan fingerprint density at radius 1 is 0.667 bits per heavy atom. The molecule has 0 N–H and O–H groups in total. The average molecular weight is 402 g/mol. The molecule has 122 valence electrons. The molecule has 4 heteroatoms. The Morgan fingerprint density at radius 2 is 1.17 bits per heavy atom. The van der Waals surface area contributed by atoms with Crippen LogP contribution in [-0.2, 0) is 0 Å². The minimum absolute atomic E-state index is 0.820. The van der Waals surface area contributed by atoms with Crippen molar-refractivity contribution in [1.29, 1.82) is 0 Å². The van der Waals surface area contributed by atoms with E-state index in [0.29, 0.717) is 0 Å². The number of aryl methyl sites for hydroxylation is 2. The molecule has 3 rings (SSSR count). The van der Waals surface area contributed by atoms with E-state index in [1.165, 1.54) is 0 Å². The second kappa shape index (κ2) is 7.40. The van der Waals surface area contributed by atoms with Crippen LogP contribution in [0.2, 0.25) is 0 Å². The van der Waals surface area contributed by atoms with E-state index in [-0.39, 0.29) is 0 Å². The van der Waals surface area contributed by atoms with Gasteiger partial charge in [0.05, 0.1) is 0 Å². The fourth-order valence-electron chi connectivity index (χ4n) is 2.37. The van der Waals surface area contributed by atoms with Gasteiger partial charge in [-0.1, -0.05) is 0 Å². The Bertz CT molecular complexity index is 773. The standard InChI is InChI=1S/C20H20O2PSe/c1-16-8-6-10-18(14-16)21-23(24,20-12-4-3-5-13-20)22-19-11-7-9-17(2)15-19/h3-15,24H,1-2H3/q+1. The molecule has 2 nitrogen and oxygen atoms in total. The van der Waals surface area contributed by atoms with Gasteiger partial charge in [-0.05, 0) is 0 Å². The van der Waals surface area contributed by atoms with Crippen molar-refractivity contribution in [2.75, 3.05) is 0 Å². The van der Waals surface area contributed by atoms with E-state index < -0.39 is 6.41 Å². The summed E-state index contributed by atoms with van der Waals surface area (Å²) < 4.78 is 12.7. The van der Waals surface area contributed by atoms with Gasteiger partial charge < -0.3 is 0 Å². The molecule has 3 aromatic rings. The summed E-state index contributed by atoms with van der Waals surface area (Å²) in [6.07, 6.45) is -2.37. The maximum absolute atomic E-state index is 6.37. The minimum atomic E-state index is -2.37. The van der Waals surface area contributed by atoms with Gasteiger partial charge in [0.25, 0.3) is 0 Å². The van der Waals surface area contributed by atoms with E-state index in [0.717, 1.165) is 27.9 Å². The van der Waals surface area contributed by atoms with Crippen LogP contribution in [0.3, 0.4) is 0 Å². The van der Waals surface area contributed by atoms with Gasteiger partial charge in [-0.15, -0.1) is 0 Å². The van der Waals surface area contributed by atoms with E-state index in [1.54, 1.807) is 0 Å². The van der Waals surface area contributed by atoms with Gasteiger partial charge in [-0.3, -0.25) is 0 Å². The first-order chi connectivity index (χ1) is 11.5. The Morgan fingerprint density at radius 3 is 1.62 bits per heavy atom. The zero-order valence-electron chi connectivity index (χ0n) is 13.7. The number of rotatable bonds is 5. The topological polar surface area (TPSA) is 18.5 Å². The third kappa shape index (κ3) is 4.19. The average Bonchev–Trinajstić information content (AvgIpc) is 2.55. The summed E-state index contributed by atoms with van der Waals surface area (Å²) in [5.74, 6) is 1.64. The third-order valence-electron chi connectivity index (χ3n) is 3.52. The quantitative estimate of drug-likeness (QED) is 0.453. The summed E-state index contributed by atoms with van der Waals surface area (Å²) in [6, 6.07) is 26.2. The van der Waals surface area contributed by atoms with Gasteiger partial charge in [-0.25, -0.2) is 0 Å². The summed E-state index contributed by atoms with van der Waals surface area (Å²) in [7, 11) is 0. The zero-order chi connectivity index (χ0) is 17.0. The fourth-order valence-corrected chi connectivity index (χ4v) is 5.99. The summed E-state index contributed by atoms with van der Waals surface area (Å²) in [4.78, 5) is 0. The van der Waals surface area contributed by atoms with Crippen LogP contribution < -0.4 is 14.4 Å². The van der Waals surface area contributed by atoms with Gasteiger partial charge in [0.2, 0.25) is 0 Å². The van der Waals surface area contributed by atoms with Gasteiger partial charge in [0.1, 0.15) is 0 Å². The molecule has 0 radical (unpaired) electrons. The SMILES string of the molecule is Cc1cccc(O[P+]([SeH])(Oc2cccc(C)c2)c2ccccc2)c1. The molecule has 3 aromatic carbocycles. The van der Waals surface area contributed by atoms with Crippen molar-refractivity contribution >= 4 is 27.3 Å². The number of hydrogen-bond donors (Lipinski definition) is 0. The molecule has 24 heavy (non-hydrogen) atoms. The summed E-state index contributed by atoms with van der Waals surface area (Å²) in [5.41, 5.74) is 2.32. The molecule has 0 aliphatic heterocycles. The molecule has 0 unspecified atom stereocenters. The van der Waals surface area contributed by atoms with Gasteiger partial charge in [0, 0.05) is 0 Å². The molecule has 0 aliphatic carbocycles. The summed E-state index contributed by atoms with van der Waals surface area (Å²) in [6.45, 7) is 4.11. The molecule has 0 atom stereocenters. The Labute approximate surface area is 151 Å². The zero-order valence-corrected chi connectivity index (χ0v) is 16.5. The number of benzene rings is 3. The van der Waals surface area contributed by atoms with Crippen LogP contribution in [0.5, 0.6) is 11.5 Å². The van der Waals surface area contributed by atoms with Crippen LogP contribution >= 0.6 is 6.41 Å². The Hall–Kier alpha value is -1.79. The molecule has 0 heterocycles. The molecular weight excluding hydrogens is 382 g/mol. The third-order valence-corrected chi connectivity index (χ3v) is 7.87. The molecule has 0 fully saturated rings. The second-order valence-corrected chi connectivity index (χ2v) is 10.9. The maximum atomic E-state index is 6.37. The van der Waals surface area contributed by atoms with Crippen molar-refractivity contribution < 1.29 is 9.05 Å². The molecule has 0 aromatic heterocycles. The van der Waals surface area contributed by atoms with Crippen molar-refractivity contribution in [3.05, 3.63) is 90.0 Å². The summed E-state index contributed by atoms with van der Waals surface area (Å²) >= 11 is 2.64. The molecule has 0 saturated carbocycles. The van der Waals surface area contributed by atoms with Crippen molar-refractivity contribution in [3.63, 3.8) is 0 Å². The van der Waals surface area contributed by atoms with Crippen LogP contribution in [0, 0.1) is 13.8 Å². The van der Waals surface area contributed by atoms with E-state index in [4.69, 9.17) is 9.05 Å². The first kappa shape index (κ1) is 17.0.